The Labute approximate surface area is 144 Å². The highest BCUT2D eigenvalue weighted by Gasteiger charge is 2.25. The minimum Gasteiger partial charge on any atom is -0.311 e. The molecule has 1 aromatic rings. The summed E-state index contributed by atoms with van der Waals surface area (Å²) in [6.45, 7) is 8.63. The Morgan fingerprint density at radius 3 is 2.70 bits per heavy atom. The van der Waals surface area contributed by atoms with Gasteiger partial charge in [0.05, 0.1) is 12.2 Å². The summed E-state index contributed by atoms with van der Waals surface area (Å²) in [6.07, 6.45) is 6.68. The van der Waals surface area contributed by atoms with E-state index in [1.165, 1.54) is 5.75 Å². The fourth-order valence-electron chi connectivity index (χ4n) is 3.19. The van der Waals surface area contributed by atoms with Crippen LogP contribution in [0.4, 0.5) is 5.82 Å². The molecule has 1 unspecified atom stereocenters. The van der Waals surface area contributed by atoms with Crippen LogP contribution in [-0.4, -0.2) is 51.7 Å². The molecule has 1 N–H and O–H groups in total. The second-order valence-corrected chi connectivity index (χ2v) is 7.79. The smallest absolute Gasteiger partial charge is 0.225 e. The van der Waals surface area contributed by atoms with E-state index in [4.69, 9.17) is 0 Å². The zero-order valence-corrected chi connectivity index (χ0v) is 15.6. The second kappa shape index (κ2) is 8.73. The Hall–Kier alpha value is -1.01. The lowest BCUT2D eigenvalue weighted by Gasteiger charge is -2.36. The van der Waals surface area contributed by atoms with Gasteiger partial charge in [0.15, 0.2) is 0 Å². The zero-order valence-electron chi connectivity index (χ0n) is 14.8. The van der Waals surface area contributed by atoms with Crippen molar-refractivity contribution in [3.05, 3.63) is 12.3 Å². The topological polar surface area (TPSA) is 50.2 Å². The van der Waals surface area contributed by atoms with E-state index in [0.29, 0.717) is 24.4 Å². The first-order valence-electron chi connectivity index (χ1n) is 8.57. The molecule has 0 saturated carbocycles. The molecule has 6 heteroatoms. The number of nitrogens with one attached hydrogen (secondary N) is 1. The summed E-state index contributed by atoms with van der Waals surface area (Å²) in [5.74, 6) is 2.47. The molecule has 1 aliphatic heterocycles. The summed E-state index contributed by atoms with van der Waals surface area (Å²) >= 11 is 1.91. The summed E-state index contributed by atoms with van der Waals surface area (Å²) in [5.41, 5.74) is 0. The van der Waals surface area contributed by atoms with Crippen LogP contribution in [0.15, 0.2) is 12.3 Å². The van der Waals surface area contributed by atoms with Crippen LogP contribution in [0.25, 0.3) is 0 Å². The molecule has 0 aliphatic carbocycles. The van der Waals surface area contributed by atoms with Crippen LogP contribution in [0.2, 0.25) is 0 Å². The normalized spacial score (nSPS) is 18.3. The first-order valence-corrected chi connectivity index (χ1v) is 9.97. The van der Waals surface area contributed by atoms with Gasteiger partial charge < -0.3 is 5.32 Å². The molecule has 0 bridgehead atoms. The monoisotopic (exact) mass is 338 g/mol. The van der Waals surface area contributed by atoms with Gasteiger partial charge in [0.2, 0.25) is 5.91 Å². The highest BCUT2D eigenvalue weighted by atomic mass is 32.2. The fourth-order valence-corrected chi connectivity index (χ4v) is 3.88. The van der Waals surface area contributed by atoms with Gasteiger partial charge in [-0.3, -0.25) is 9.69 Å². The molecule has 1 saturated heterocycles. The molecule has 1 fully saturated rings. The van der Waals surface area contributed by atoms with Gasteiger partial charge in [-0.2, -0.15) is 16.9 Å². The number of piperidine rings is 1. The van der Waals surface area contributed by atoms with Crippen LogP contribution >= 0.6 is 11.8 Å². The lowest BCUT2D eigenvalue weighted by molar-refractivity contribution is -0.116. The summed E-state index contributed by atoms with van der Waals surface area (Å²) in [7, 11) is 0. The van der Waals surface area contributed by atoms with E-state index < -0.39 is 0 Å². The quantitative estimate of drug-likeness (QED) is 0.829. The fraction of sp³-hybridized carbons (Fsp3) is 0.765. The minimum absolute atomic E-state index is 0.0766. The van der Waals surface area contributed by atoms with Crippen molar-refractivity contribution < 1.29 is 4.79 Å². The van der Waals surface area contributed by atoms with E-state index in [9.17, 15) is 4.79 Å². The third-order valence-corrected chi connectivity index (χ3v) is 5.22. The third-order valence-electron chi connectivity index (χ3n) is 4.41. The number of likely N-dealkylation sites (tertiary alicyclic amines) is 1. The number of amides is 1. The van der Waals surface area contributed by atoms with Crippen molar-refractivity contribution in [1.82, 2.24) is 14.7 Å². The Balaban J connectivity index is 1.91. The Morgan fingerprint density at radius 2 is 2.09 bits per heavy atom. The van der Waals surface area contributed by atoms with Crippen LogP contribution in [0, 0.1) is 5.92 Å². The number of hydrogen-bond acceptors (Lipinski definition) is 4. The van der Waals surface area contributed by atoms with Gasteiger partial charge in [-0.05, 0) is 31.9 Å². The molecule has 130 valence electrons. The van der Waals surface area contributed by atoms with Gasteiger partial charge in [0, 0.05) is 37.4 Å². The molecular formula is C17H30N4OS. The average Bonchev–Trinajstić information content (AvgIpc) is 2.94. The van der Waals surface area contributed by atoms with Crippen LogP contribution in [0.5, 0.6) is 0 Å². The van der Waals surface area contributed by atoms with Crippen molar-refractivity contribution in [3.8, 4) is 0 Å². The molecule has 2 rings (SSSR count). The van der Waals surface area contributed by atoms with Crippen molar-refractivity contribution in [2.24, 2.45) is 5.92 Å². The summed E-state index contributed by atoms with van der Waals surface area (Å²) in [6, 6.07) is 2.92. The van der Waals surface area contributed by atoms with Crippen LogP contribution in [0.3, 0.4) is 0 Å². The molecule has 0 spiro atoms. The molecule has 1 atom stereocenters. The maximum absolute atomic E-state index is 12.0. The van der Waals surface area contributed by atoms with E-state index in [1.54, 1.807) is 6.20 Å². The maximum Gasteiger partial charge on any atom is 0.225 e. The molecule has 5 nitrogen and oxygen atoms in total. The summed E-state index contributed by atoms with van der Waals surface area (Å²) in [5, 5.41) is 7.48. The number of rotatable bonds is 7. The third kappa shape index (κ3) is 5.24. The molecule has 0 aromatic carbocycles. The first kappa shape index (κ1) is 18.3. The summed E-state index contributed by atoms with van der Waals surface area (Å²) < 4.78 is 2.01. The van der Waals surface area contributed by atoms with Crippen molar-refractivity contribution in [3.63, 3.8) is 0 Å². The number of aromatic nitrogens is 2. The lowest BCUT2D eigenvalue weighted by Crippen LogP contribution is -2.41. The highest BCUT2D eigenvalue weighted by Crippen LogP contribution is 2.26. The van der Waals surface area contributed by atoms with E-state index in [0.717, 1.165) is 31.7 Å². The predicted octanol–water partition coefficient (Wildman–Crippen LogP) is 3.26. The van der Waals surface area contributed by atoms with Gasteiger partial charge in [0.25, 0.3) is 0 Å². The summed E-state index contributed by atoms with van der Waals surface area (Å²) in [4.78, 5) is 14.6. The van der Waals surface area contributed by atoms with Crippen LogP contribution in [0.1, 0.15) is 46.1 Å². The van der Waals surface area contributed by atoms with Crippen molar-refractivity contribution in [1.29, 1.82) is 0 Å². The number of thioether (sulfide) groups is 1. The molecule has 1 amide bonds. The number of anilines is 1. The minimum atomic E-state index is 0.0766. The first-order chi connectivity index (χ1) is 11.0. The van der Waals surface area contributed by atoms with Gasteiger partial charge in [-0.25, -0.2) is 4.68 Å². The lowest BCUT2D eigenvalue weighted by atomic mass is 10.0. The standard InChI is InChI=1S/C17H30N4OS/c1-13(2)11-17(22)19-16-5-8-18-21(16)15-6-9-20(10-7-15)14(3)12-23-4/h5,8,13-15H,6-7,9-12H2,1-4H3,(H,19,22). The van der Waals surface area contributed by atoms with Gasteiger partial charge in [0.1, 0.15) is 5.82 Å². The second-order valence-electron chi connectivity index (χ2n) is 6.88. The molecule has 1 aromatic heterocycles. The molecule has 2 heterocycles. The number of hydrogen-bond donors (Lipinski definition) is 1. The zero-order chi connectivity index (χ0) is 16.8. The van der Waals surface area contributed by atoms with Crippen molar-refractivity contribution in [2.75, 3.05) is 30.4 Å². The Morgan fingerprint density at radius 1 is 1.39 bits per heavy atom. The van der Waals surface area contributed by atoms with Crippen molar-refractivity contribution >= 4 is 23.5 Å². The molecule has 0 radical (unpaired) electrons. The molecular weight excluding hydrogens is 308 g/mol. The van der Waals surface area contributed by atoms with E-state index in [1.807, 2.05) is 22.5 Å². The SMILES string of the molecule is CSCC(C)N1CCC(n2nccc2NC(=O)CC(C)C)CC1. The largest absolute Gasteiger partial charge is 0.311 e. The van der Waals surface area contributed by atoms with Gasteiger partial charge >= 0.3 is 0 Å². The average molecular weight is 339 g/mol. The number of carbonyl (C=O) groups excluding carboxylic acids is 1. The van der Waals surface area contributed by atoms with Crippen LogP contribution < -0.4 is 5.32 Å². The van der Waals surface area contributed by atoms with Gasteiger partial charge in [-0.15, -0.1) is 0 Å². The molecule has 23 heavy (non-hydrogen) atoms. The van der Waals surface area contributed by atoms with Gasteiger partial charge in [-0.1, -0.05) is 13.8 Å². The maximum atomic E-state index is 12.0. The van der Waals surface area contributed by atoms with Crippen molar-refractivity contribution in [2.45, 2.75) is 52.1 Å². The predicted molar refractivity (Wildman–Crippen MR) is 98.0 cm³/mol. The van der Waals surface area contributed by atoms with Crippen LogP contribution in [-0.2, 0) is 4.79 Å². The van der Waals surface area contributed by atoms with E-state index in [2.05, 4.69) is 42.3 Å². The highest BCUT2D eigenvalue weighted by molar-refractivity contribution is 7.98. The Kier molecular flexibility index (Phi) is 6.96. The van der Waals surface area contributed by atoms with E-state index >= 15 is 0 Å². The Bertz CT molecular complexity index is 495. The number of nitrogens with zero attached hydrogens (tertiary/aromatic N) is 3. The number of carbonyl (C=O) groups is 1. The van der Waals surface area contributed by atoms with E-state index in [-0.39, 0.29) is 5.91 Å². The molecule has 1 aliphatic rings.